The first-order valence-corrected chi connectivity index (χ1v) is 3.18. The van der Waals surface area contributed by atoms with Crippen molar-refractivity contribution in [2.45, 2.75) is 13.8 Å². The summed E-state index contributed by atoms with van der Waals surface area (Å²) in [7, 11) is 0. The fourth-order valence-electron chi connectivity index (χ4n) is 0.458. The van der Waals surface area contributed by atoms with Crippen LogP contribution in [0.1, 0.15) is 13.8 Å². The van der Waals surface area contributed by atoms with Crippen LogP contribution in [0.4, 0.5) is 0 Å². The molecule has 10 heavy (non-hydrogen) atoms. The average Bonchev–Trinajstić information content (AvgIpc) is 1.90. The highest BCUT2D eigenvalue weighted by Gasteiger charge is 1.93. The van der Waals surface area contributed by atoms with E-state index < -0.39 is 0 Å². The zero-order valence-corrected chi connectivity index (χ0v) is 6.22. The molecule has 0 rings (SSSR count). The van der Waals surface area contributed by atoms with E-state index in [-0.39, 0.29) is 5.95 Å². The summed E-state index contributed by atoms with van der Waals surface area (Å²) in [6.07, 6.45) is 2.71. The molecule has 0 saturated heterocycles. The maximum Gasteiger partial charge on any atom is 0.283 e. The number of hydrogen-bond acceptors (Lipinski definition) is 3. The summed E-state index contributed by atoms with van der Waals surface area (Å²) in [5.74, 6) is 0.236. The lowest BCUT2D eigenvalue weighted by Gasteiger charge is -2.05. The fourth-order valence-corrected chi connectivity index (χ4v) is 0.458. The van der Waals surface area contributed by atoms with E-state index in [0.717, 1.165) is 6.08 Å². The van der Waals surface area contributed by atoms with Crippen molar-refractivity contribution in [2.75, 3.05) is 13.2 Å². The molecule has 0 fully saturated rings. The second-order valence-electron chi connectivity index (χ2n) is 1.45. The smallest absolute Gasteiger partial charge is 0.283 e. The van der Waals surface area contributed by atoms with E-state index in [1.807, 2.05) is 13.8 Å². The molecule has 0 amide bonds. The van der Waals surface area contributed by atoms with Gasteiger partial charge in [0.25, 0.3) is 5.95 Å². The Bertz CT molecular complexity index is 110. The summed E-state index contributed by atoms with van der Waals surface area (Å²) >= 11 is 0. The maximum absolute atomic E-state index is 9.80. The van der Waals surface area contributed by atoms with Crippen LogP contribution < -0.4 is 0 Å². The predicted molar refractivity (Wildman–Crippen MR) is 37.0 cm³/mol. The molecule has 0 bridgehead atoms. The van der Waals surface area contributed by atoms with Gasteiger partial charge < -0.3 is 9.47 Å². The van der Waals surface area contributed by atoms with E-state index in [4.69, 9.17) is 9.47 Å². The van der Waals surface area contributed by atoms with Gasteiger partial charge in [-0.15, -0.1) is 0 Å². The quantitative estimate of drug-likeness (QED) is 0.425. The highest BCUT2D eigenvalue weighted by atomic mass is 16.7. The summed E-state index contributed by atoms with van der Waals surface area (Å²) in [5, 5.41) is 0. The molecule has 0 aromatic heterocycles. The Balaban J connectivity index is 3.71. The van der Waals surface area contributed by atoms with Crippen LogP contribution in [0.2, 0.25) is 0 Å². The summed E-state index contributed by atoms with van der Waals surface area (Å²) in [5.41, 5.74) is 0. The van der Waals surface area contributed by atoms with Crippen LogP contribution in [0.3, 0.4) is 0 Å². The van der Waals surface area contributed by atoms with Crippen LogP contribution in [-0.2, 0) is 14.3 Å². The molecular weight excluding hydrogens is 132 g/mol. The van der Waals surface area contributed by atoms with Crippen molar-refractivity contribution in [1.82, 2.24) is 0 Å². The standard InChI is InChI=1S/C7H11O3/c1-3-9-7(5-6-8)10-4-2/h5H,3-4H2,1-2H3. The van der Waals surface area contributed by atoms with Crippen LogP contribution in [0.15, 0.2) is 12.0 Å². The lowest BCUT2D eigenvalue weighted by molar-refractivity contribution is 0.0473. The molecule has 1 radical (unpaired) electrons. The summed E-state index contributed by atoms with van der Waals surface area (Å²) in [6, 6.07) is 0. The molecule has 0 aromatic carbocycles. The van der Waals surface area contributed by atoms with Gasteiger partial charge in [-0.1, -0.05) is 0 Å². The Kier molecular flexibility index (Phi) is 5.53. The van der Waals surface area contributed by atoms with Crippen molar-refractivity contribution < 1.29 is 14.3 Å². The van der Waals surface area contributed by atoms with Crippen LogP contribution in [-0.4, -0.2) is 19.5 Å². The largest absolute Gasteiger partial charge is 0.466 e. The third kappa shape index (κ3) is 3.95. The predicted octanol–water partition coefficient (Wildman–Crippen LogP) is 1.01. The molecule has 57 valence electrons. The number of rotatable bonds is 5. The minimum absolute atomic E-state index is 0.236. The molecule has 0 aliphatic rings. The van der Waals surface area contributed by atoms with Gasteiger partial charge in [-0.25, -0.2) is 0 Å². The number of allylic oxidation sites excluding steroid dienone is 1. The molecule has 0 saturated carbocycles. The highest BCUT2D eigenvalue weighted by Crippen LogP contribution is 1.96. The fraction of sp³-hybridized carbons (Fsp3) is 0.571. The zero-order chi connectivity index (χ0) is 7.82. The third-order valence-corrected chi connectivity index (χ3v) is 0.750. The van der Waals surface area contributed by atoms with Gasteiger partial charge in [-0.3, -0.25) is 4.79 Å². The van der Waals surface area contributed by atoms with E-state index in [2.05, 4.69) is 0 Å². The number of hydrogen-bond donors (Lipinski definition) is 0. The van der Waals surface area contributed by atoms with E-state index in [1.54, 1.807) is 6.29 Å². The van der Waals surface area contributed by atoms with Gasteiger partial charge in [0, 0.05) is 0 Å². The molecule has 3 nitrogen and oxygen atoms in total. The van der Waals surface area contributed by atoms with Gasteiger partial charge in [0.1, 0.15) is 0 Å². The van der Waals surface area contributed by atoms with Crippen LogP contribution in [0.25, 0.3) is 0 Å². The normalized spacial score (nSPS) is 8.20. The van der Waals surface area contributed by atoms with Gasteiger partial charge in [0.05, 0.1) is 19.3 Å². The van der Waals surface area contributed by atoms with E-state index >= 15 is 0 Å². The minimum atomic E-state index is 0.236. The number of carbonyl (C=O) groups excluding carboxylic acids is 1. The topological polar surface area (TPSA) is 35.5 Å². The molecule has 0 atom stereocenters. The van der Waals surface area contributed by atoms with E-state index in [0.29, 0.717) is 13.2 Å². The van der Waals surface area contributed by atoms with Crippen molar-refractivity contribution in [2.24, 2.45) is 0 Å². The molecule has 0 aliphatic heterocycles. The van der Waals surface area contributed by atoms with Gasteiger partial charge in [0.2, 0.25) is 6.29 Å². The summed E-state index contributed by atoms with van der Waals surface area (Å²) < 4.78 is 9.80. The Morgan fingerprint density at radius 2 is 1.90 bits per heavy atom. The van der Waals surface area contributed by atoms with Crippen molar-refractivity contribution in [3.05, 3.63) is 12.0 Å². The van der Waals surface area contributed by atoms with Crippen LogP contribution >= 0.6 is 0 Å². The van der Waals surface area contributed by atoms with E-state index in [9.17, 15) is 4.79 Å². The summed E-state index contributed by atoms with van der Waals surface area (Å²) in [4.78, 5) is 9.80. The average molecular weight is 143 g/mol. The Labute approximate surface area is 60.6 Å². The molecule has 0 heterocycles. The SMILES string of the molecule is CCOC(=C[C]=O)OCC. The Morgan fingerprint density at radius 1 is 1.40 bits per heavy atom. The lowest BCUT2D eigenvalue weighted by Crippen LogP contribution is -1.97. The first-order valence-electron chi connectivity index (χ1n) is 3.18. The van der Waals surface area contributed by atoms with Gasteiger partial charge >= 0.3 is 0 Å². The monoisotopic (exact) mass is 143 g/mol. The first-order chi connectivity index (χ1) is 4.85. The van der Waals surface area contributed by atoms with Crippen LogP contribution in [0, 0.1) is 0 Å². The van der Waals surface area contributed by atoms with Crippen molar-refractivity contribution in [3.8, 4) is 0 Å². The molecule has 0 N–H and O–H groups in total. The van der Waals surface area contributed by atoms with Crippen molar-refractivity contribution in [1.29, 1.82) is 0 Å². The highest BCUT2D eigenvalue weighted by molar-refractivity contribution is 5.65. The van der Waals surface area contributed by atoms with Crippen molar-refractivity contribution >= 4 is 6.29 Å². The molecule has 3 heteroatoms. The lowest BCUT2D eigenvalue weighted by atomic mass is 10.6. The van der Waals surface area contributed by atoms with Gasteiger partial charge in [-0.2, -0.15) is 0 Å². The number of ether oxygens (including phenoxy) is 2. The second-order valence-corrected chi connectivity index (χ2v) is 1.45. The first kappa shape index (κ1) is 9.01. The zero-order valence-electron chi connectivity index (χ0n) is 6.22. The van der Waals surface area contributed by atoms with Crippen molar-refractivity contribution in [3.63, 3.8) is 0 Å². The minimum Gasteiger partial charge on any atom is -0.466 e. The Hall–Kier alpha value is -0.990. The van der Waals surface area contributed by atoms with E-state index in [1.165, 1.54) is 0 Å². The maximum atomic E-state index is 9.80. The van der Waals surface area contributed by atoms with Gasteiger partial charge in [-0.05, 0) is 13.8 Å². The molecule has 0 aliphatic carbocycles. The third-order valence-electron chi connectivity index (χ3n) is 0.750. The summed E-state index contributed by atoms with van der Waals surface area (Å²) in [6.45, 7) is 4.62. The molecular formula is C7H11O3. The van der Waals surface area contributed by atoms with Crippen LogP contribution in [0.5, 0.6) is 0 Å². The Morgan fingerprint density at radius 3 is 2.20 bits per heavy atom. The second kappa shape index (κ2) is 6.13. The van der Waals surface area contributed by atoms with Gasteiger partial charge in [0.15, 0.2) is 0 Å². The molecule has 0 unspecified atom stereocenters. The molecule has 0 spiro atoms. The molecule has 0 aromatic rings.